The fraction of sp³-hybridized carbons (Fsp3) is 0.647. The average molecular weight is 258 g/mol. The number of fused-ring (bicyclic) bond motifs is 1. The molecule has 0 spiro atoms. The van der Waals surface area contributed by atoms with Crippen LogP contribution in [0, 0.1) is 0 Å². The molecule has 0 aromatic heterocycles. The van der Waals surface area contributed by atoms with Gasteiger partial charge in [-0.1, -0.05) is 31.2 Å². The molecule has 2 aliphatic rings. The normalized spacial score (nSPS) is 31.4. The Morgan fingerprint density at radius 1 is 1.21 bits per heavy atom. The zero-order valence-electron chi connectivity index (χ0n) is 12.2. The maximum absolute atomic E-state index is 3.73. The van der Waals surface area contributed by atoms with Gasteiger partial charge in [0.05, 0.1) is 0 Å². The Morgan fingerprint density at radius 3 is 2.79 bits per heavy atom. The molecule has 1 aromatic rings. The number of hydrogen-bond acceptors (Lipinski definition) is 2. The monoisotopic (exact) mass is 258 g/mol. The molecular formula is C17H26N2. The molecule has 2 heteroatoms. The van der Waals surface area contributed by atoms with Crippen molar-refractivity contribution in [2.75, 3.05) is 6.54 Å². The smallest absolute Gasteiger partial charge is 0.0238 e. The Bertz CT molecular complexity index is 429. The summed E-state index contributed by atoms with van der Waals surface area (Å²) in [5.74, 6) is 0. The standard InChI is InChI=1S/C17H26N2/c1-3-17-9-8-13(2)19(17)12-16-10-14-6-4-5-7-15(14)11-18-16/h4-7,13,16-18H,3,8-12H2,1-2H3. The van der Waals surface area contributed by atoms with Crippen molar-refractivity contribution in [2.45, 2.75) is 64.2 Å². The molecule has 19 heavy (non-hydrogen) atoms. The third-order valence-corrected chi connectivity index (χ3v) is 5.02. The van der Waals surface area contributed by atoms with Crippen molar-refractivity contribution in [3.05, 3.63) is 35.4 Å². The highest BCUT2D eigenvalue weighted by Crippen LogP contribution is 2.27. The van der Waals surface area contributed by atoms with Crippen LogP contribution in [-0.4, -0.2) is 29.6 Å². The van der Waals surface area contributed by atoms with Crippen molar-refractivity contribution in [2.24, 2.45) is 0 Å². The van der Waals surface area contributed by atoms with E-state index in [-0.39, 0.29) is 0 Å². The van der Waals surface area contributed by atoms with Crippen molar-refractivity contribution in [1.29, 1.82) is 0 Å². The van der Waals surface area contributed by atoms with E-state index in [1.165, 1.54) is 37.8 Å². The minimum atomic E-state index is 0.629. The number of rotatable bonds is 3. The molecule has 3 atom stereocenters. The van der Waals surface area contributed by atoms with Gasteiger partial charge in [-0.2, -0.15) is 0 Å². The molecule has 2 heterocycles. The van der Waals surface area contributed by atoms with Gasteiger partial charge in [0.25, 0.3) is 0 Å². The molecule has 0 aliphatic carbocycles. The third kappa shape index (κ3) is 2.70. The molecule has 1 saturated heterocycles. The molecule has 0 bridgehead atoms. The van der Waals surface area contributed by atoms with E-state index in [0.29, 0.717) is 6.04 Å². The van der Waals surface area contributed by atoms with Gasteiger partial charge in [0.1, 0.15) is 0 Å². The second kappa shape index (κ2) is 5.64. The van der Waals surface area contributed by atoms with Crippen LogP contribution in [-0.2, 0) is 13.0 Å². The van der Waals surface area contributed by atoms with Crippen LogP contribution in [0.15, 0.2) is 24.3 Å². The topological polar surface area (TPSA) is 15.3 Å². The Kier molecular flexibility index (Phi) is 3.90. The molecule has 3 rings (SSSR count). The van der Waals surface area contributed by atoms with Crippen LogP contribution in [0.2, 0.25) is 0 Å². The second-order valence-electron chi connectivity index (χ2n) is 6.24. The number of benzene rings is 1. The van der Waals surface area contributed by atoms with Gasteiger partial charge in [-0.3, -0.25) is 4.90 Å². The van der Waals surface area contributed by atoms with Crippen LogP contribution in [0.3, 0.4) is 0 Å². The zero-order chi connectivity index (χ0) is 13.2. The fourth-order valence-corrected chi connectivity index (χ4v) is 3.80. The minimum Gasteiger partial charge on any atom is -0.308 e. The lowest BCUT2D eigenvalue weighted by atomic mass is 9.95. The van der Waals surface area contributed by atoms with Gasteiger partial charge in [0.2, 0.25) is 0 Å². The van der Waals surface area contributed by atoms with Crippen LogP contribution in [0.5, 0.6) is 0 Å². The SMILES string of the molecule is CCC1CCC(C)N1CC1Cc2ccccc2CN1. The average Bonchev–Trinajstić information content (AvgIpc) is 2.79. The molecule has 2 nitrogen and oxygen atoms in total. The lowest BCUT2D eigenvalue weighted by Crippen LogP contribution is -2.47. The number of likely N-dealkylation sites (tertiary alicyclic amines) is 1. The van der Waals surface area contributed by atoms with Gasteiger partial charge in [-0.15, -0.1) is 0 Å². The summed E-state index contributed by atoms with van der Waals surface area (Å²) >= 11 is 0. The molecular weight excluding hydrogens is 232 g/mol. The van der Waals surface area contributed by atoms with Gasteiger partial charge in [-0.05, 0) is 43.7 Å². The van der Waals surface area contributed by atoms with Gasteiger partial charge >= 0.3 is 0 Å². The molecule has 2 aliphatic heterocycles. The summed E-state index contributed by atoms with van der Waals surface area (Å²) in [6.45, 7) is 6.99. The number of nitrogens with one attached hydrogen (secondary N) is 1. The summed E-state index contributed by atoms with van der Waals surface area (Å²) in [6.07, 6.45) is 5.26. The zero-order valence-corrected chi connectivity index (χ0v) is 12.2. The summed E-state index contributed by atoms with van der Waals surface area (Å²) in [7, 11) is 0. The lowest BCUT2D eigenvalue weighted by molar-refractivity contribution is 0.173. The number of nitrogens with zero attached hydrogens (tertiary/aromatic N) is 1. The molecule has 0 radical (unpaired) electrons. The first-order chi connectivity index (χ1) is 9.28. The summed E-state index contributed by atoms with van der Waals surface area (Å²) in [4.78, 5) is 2.74. The first-order valence-electron chi connectivity index (χ1n) is 7.84. The Hall–Kier alpha value is -0.860. The first kappa shape index (κ1) is 13.1. The maximum atomic E-state index is 3.73. The van der Waals surface area contributed by atoms with Crippen molar-refractivity contribution in [3.63, 3.8) is 0 Å². The molecule has 0 amide bonds. The van der Waals surface area contributed by atoms with Crippen LogP contribution in [0.4, 0.5) is 0 Å². The lowest BCUT2D eigenvalue weighted by Gasteiger charge is -2.34. The maximum Gasteiger partial charge on any atom is 0.0238 e. The van der Waals surface area contributed by atoms with E-state index in [0.717, 1.165) is 18.6 Å². The highest BCUT2D eigenvalue weighted by Gasteiger charge is 2.31. The van der Waals surface area contributed by atoms with Crippen molar-refractivity contribution >= 4 is 0 Å². The van der Waals surface area contributed by atoms with Crippen molar-refractivity contribution < 1.29 is 0 Å². The van der Waals surface area contributed by atoms with Crippen LogP contribution < -0.4 is 5.32 Å². The highest BCUT2D eigenvalue weighted by molar-refractivity contribution is 5.30. The van der Waals surface area contributed by atoms with Crippen molar-refractivity contribution in [3.8, 4) is 0 Å². The van der Waals surface area contributed by atoms with E-state index in [1.54, 1.807) is 5.56 Å². The number of hydrogen-bond donors (Lipinski definition) is 1. The van der Waals surface area contributed by atoms with Crippen molar-refractivity contribution in [1.82, 2.24) is 10.2 Å². The minimum absolute atomic E-state index is 0.629. The van der Waals surface area contributed by atoms with E-state index in [4.69, 9.17) is 0 Å². The summed E-state index contributed by atoms with van der Waals surface area (Å²) < 4.78 is 0. The van der Waals surface area contributed by atoms with Crippen LogP contribution >= 0.6 is 0 Å². The van der Waals surface area contributed by atoms with E-state index < -0.39 is 0 Å². The predicted octanol–water partition coefficient (Wildman–Crippen LogP) is 2.96. The Morgan fingerprint density at radius 2 is 2.00 bits per heavy atom. The summed E-state index contributed by atoms with van der Waals surface area (Å²) in [5.41, 5.74) is 3.03. The largest absolute Gasteiger partial charge is 0.308 e. The van der Waals surface area contributed by atoms with E-state index >= 15 is 0 Å². The van der Waals surface area contributed by atoms with E-state index in [9.17, 15) is 0 Å². The Balaban J connectivity index is 1.65. The van der Waals surface area contributed by atoms with Gasteiger partial charge < -0.3 is 5.32 Å². The van der Waals surface area contributed by atoms with E-state index in [1.807, 2.05) is 0 Å². The quantitative estimate of drug-likeness (QED) is 0.896. The second-order valence-corrected chi connectivity index (χ2v) is 6.24. The third-order valence-electron chi connectivity index (χ3n) is 5.02. The highest BCUT2D eigenvalue weighted by atomic mass is 15.2. The first-order valence-corrected chi connectivity index (χ1v) is 7.84. The predicted molar refractivity (Wildman–Crippen MR) is 80.3 cm³/mol. The fourth-order valence-electron chi connectivity index (χ4n) is 3.80. The Labute approximate surface area is 117 Å². The van der Waals surface area contributed by atoms with Gasteiger partial charge in [0, 0.05) is 31.2 Å². The summed E-state index contributed by atoms with van der Waals surface area (Å²) in [6, 6.07) is 11.1. The van der Waals surface area contributed by atoms with Gasteiger partial charge in [-0.25, -0.2) is 0 Å². The molecule has 1 N–H and O–H groups in total. The molecule has 1 fully saturated rings. The molecule has 104 valence electrons. The van der Waals surface area contributed by atoms with E-state index in [2.05, 4.69) is 48.3 Å². The van der Waals surface area contributed by atoms with Gasteiger partial charge in [0.15, 0.2) is 0 Å². The van der Waals surface area contributed by atoms with Crippen LogP contribution in [0.1, 0.15) is 44.2 Å². The molecule has 1 aromatic carbocycles. The molecule has 0 saturated carbocycles. The van der Waals surface area contributed by atoms with Crippen LogP contribution in [0.25, 0.3) is 0 Å². The summed E-state index contributed by atoms with van der Waals surface area (Å²) in [5, 5.41) is 3.73. The molecule has 3 unspecified atom stereocenters.